The SMILES string of the molecule is CCCCCCCCCCCCC(=O)C(=O)Nc1c(SC)cc(C)nc1SC. The maximum Gasteiger partial charge on any atom is 0.291 e. The molecule has 0 aliphatic carbocycles. The minimum absolute atomic E-state index is 0.324. The number of unbranched alkanes of at least 4 members (excludes halogenated alkanes) is 9. The molecule has 0 saturated heterocycles. The van der Waals surface area contributed by atoms with Gasteiger partial charge in [0.15, 0.2) is 0 Å². The second-order valence-corrected chi connectivity index (χ2v) is 8.80. The van der Waals surface area contributed by atoms with Crippen molar-refractivity contribution in [2.75, 3.05) is 17.8 Å². The van der Waals surface area contributed by atoms with Crippen LogP contribution in [0.1, 0.15) is 83.2 Å². The molecule has 0 saturated carbocycles. The summed E-state index contributed by atoms with van der Waals surface area (Å²) < 4.78 is 0. The topological polar surface area (TPSA) is 59.1 Å². The summed E-state index contributed by atoms with van der Waals surface area (Å²) in [7, 11) is 0. The summed E-state index contributed by atoms with van der Waals surface area (Å²) in [5.41, 5.74) is 1.57. The molecule has 0 radical (unpaired) electrons. The number of nitrogens with one attached hydrogen (secondary N) is 1. The van der Waals surface area contributed by atoms with Crippen LogP contribution in [-0.4, -0.2) is 29.2 Å². The van der Waals surface area contributed by atoms with Gasteiger partial charge in [-0.1, -0.05) is 64.7 Å². The number of aryl methyl sites for hydroxylation is 1. The van der Waals surface area contributed by atoms with Gasteiger partial charge in [0.1, 0.15) is 5.03 Å². The van der Waals surface area contributed by atoms with Gasteiger partial charge in [0.25, 0.3) is 5.91 Å². The molecule has 0 aromatic carbocycles. The van der Waals surface area contributed by atoms with Gasteiger partial charge < -0.3 is 5.32 Å². The van der Waals surface area contributed by atoms with Crippen molar-refractivity contribution in [3.05, 3.63) is 11.8 Å². The minimum Gasteiger partial charge on any atom is -0.316 e. The van der Waals surface area contributed by atoms with E-state index in [1.54, 1.807) is 11.8 Å². The number of rotatable bonds is 15. The Morgan fingerprint density at radius 2 is 1.50 bits per heavy atom. The normalized spacial score (nSPS) is 10.9. The number of pyridine rings is 1. The number of hydrogen-bond acceptors (Lipinski definition) is 5. The van der Waals surface area contributed by atoms with Gasteiger partial charge in [-0.15, -0.1) is 23.5 Å². The highest BCUT2D eigenvalue weighted by Crippen LogP contribution is 2.33. The van der Waals surface area contributed by atoms with Crippen LogP contribution in [0, 0.1) is 6.92 Å². The zero-order chi connectivity index (χ0) is 20.8. The van der Waals surface area contributed by atoms with Crippen molar-refractivity contribution in [3.63, 3.8) is 0 Å². The number of amides is 1. The molecule has 4 nitrogen and oxygen atoms in total. The van der Waals surface area contributed by atoms with Gasteiger partial charge in [-0.25, -0.2) is 4.98 Å². The second-order valence-electron chi connectivity index (χ2n) is 7.16. The Kier molecular flexibility index (Phi) is 13.3. The zero-order valence-corrected chi connectivity index (χ0v) is 19.6. The van der Waals surface area contributed by atoms with Crippen LogP contribution in [0.15, 0.2) is 16.0 Å². The quantitative estimate of drug-likeness (QED) is 0.194. The van der Waals surface area contributed by atoms with E-state index in [1.165, 1.54) is 56.7 Å². The number of thioether (sulfide) groups is 2. The van der Waals surface area contributed by atoms with Crippen LogP contribution < -0.4 is 5.32 Å². The number of carbonyl (C=O) groups excluding carboxylic acids is 2. The Balaban J connectivity index is 2.32. The second kappa shape index (κ2) is 14.9. The lowest BCUT2D eigenvalue weighted by Gasteiger charge is -2.13. The molecule has 0 bridgehead atoms. The van der Waals surface area contributed by atoms with E-state index in [4.69, 9.17) is 0 Å². The van der Waals surface area contributed by atoms with Gasteiger partial charge in [0.2, 0.25) is 5.78 Å². The Bertz CT molecular complexity index is 596. The van der Waals surface area contributed by atoms with E-state index in [0.717, 1.165) is 34.9 Å². The fraction of sp³-hybridized carbons (Fsp3) is 0.682. The summed E-state index contributed by atoms with van der Waals surface area (Å²) in [5, 5.41) is 3.55. The van der Waals surface area contributed by atoms with Crippen LogP contribution in [0.4, 0.5) is 5.69 Å². The molecule has 0 unspecified atom stereocenters. The number of carbonyl (C=O) groups is 2. The van der Waals surface area contributed by atoms with Crippen LogP contribution in [0.5, 0.6) is 0 Å². The third-order valence-corrected chi connectivity index (χ3v) is 6.18. The van der Waals surface area contributed by atoms with Crippen LogP contribution in [-0.2, 0) is 9.59 Å². The third-order valence-electron chi connectivity index (χ3n) is 4.74. The monoisotopic (exact) mass is 424 g/mol. The number of Topliss-reactive ketones (excluding diaryl/α,β-unsaturated/α-hetero) is 1. The van der Waals surface area contributed by atoms with Gasteiger partial charge in [0.05, 0.1) is 5.69 Å². The first-order chi connectivity index (χ1) is 13.5. The molecule has 0 aliphatic heterocycles. The van der Waals surface area contributed by atoms with E-state index in [0.29, 0.717) is 12.1 Å². The molecule has 0 aliphatic rings. The predicted octanol–water partition coefficient (Wildman–Crippen LogP) is 6.65. The molecule has 1 aromatic rings. The first-order valence-corrected chi connectivity index (χ1v) is 12.9. The fourth-order valence-electron chi connectivity index (χ4n) is 3.11. The van der Waals surface area contributed by atoms with E-state index in [1.807, 2.05) is 25.5 Å². The molecule has 6 heteroatoms. The van der Waals surface area contributed by atoms with E-state index in [9.17, 15) is 9.59 Å². The summed E-state index contributed by atoms with van der Waals surface area (Å²) in [6, 6.07) is 1.94. The van der Waals surface area contributed by atoms with E-state index in [2.05, 4.69) is 17.2 Å². The minimum atomic E-state index is -0.521. The largest absolute Gasteiger partial charge is 0.316 e. The first-order valence-electron chi connectivity index (χ1n) is 10.5. The van der Waals surface area contributed by atoms with Gasteiger partial charge in [0, 0.05) is 17.0 Å². The Hall–Kier alpha value is -1.01. The average Bonchev–Trinajstić information content (AvgIpc) is 2.69. The summed E-state index contributed by atoms with van der Waals surface area (Å²) in [6.07, 6.45) is 16.3. The lowest BCUT2D eigenvalue weighted by Crippen LogP contribution is -2.23. The van der Waals surface area contributed by atoms with Crippen molar-refractivity contribution in [3.8, 4) is 0 Å². The van der Waals surface area contributed by atoms with Crippen molar-refractivity contribution in [1.29, 1.82) is 0 Å². The number of anilines is 1. The number of aromatic nitrogens is 1. The van der Waals surface area contributed by atoms with Gasteiger partial charge in [-0.3, -0.25) is 9.59 Å². The van der Waals surface area contributed by atoms with Gasteiger partial charge in [-0.05, 0) is 31.9 Å². The van der Waals surface area contributed by atoms with Crippen molar-refractivity contribution in [1.82, 2.24) is 4.98 Å². The van der Waals surface area contributed by atoms with Crippen LogP contribution in [0.3, 0.4) is 0 Å². The molecule has 1 amide bonds. The molecule has 0 atom stereocenters. The molecule has 1 heterocycles. The zero-order valence-electron chi connectivity index (χ0n) is 17.9. The predicted molar refractivity (Wildman–Crippen MR) is 123 cm³/mol. The standard InChI is InChI=1S/C22H36N2O2S2/c1-5-6-7-8-9-10-11-12-13-14-15-18(25)21(26)24-20-19(27-3)16-17(2)23-22(20)28-4/h16H,5-15H2,1-4H3,(H,24,26). The van der Waals surface area contributed by atoms with Crippen LogP contribution >= 0.6 is 23.5 Å². The highest BCUT2D eigenvalue weighted by Gasteiger charge is 2.18. The van der Waals surface area contributed by atoms with Crippen LogP contribution in [0.2, 0.25) is 0 Å². The van der Waals surface area contributed by atoms with E-state index in [-0.39, 0.29) is 5.78 Å². The Labute approximate surface area is 179 Å². The Morgan fingerprint density at radius 1 is 0.929 bits per heavy atom. The molecular formula is C22H36N2O2S2. The molecule has 28 heavy (non-hydrogen) atoms. The van der Waals surface area contributed by atoms with Crippen molar-refractivity contribution >= 4 is 40.9 Å². The van der Waals surface area contributed by atoms with Gasteiger partial charge >= 0.3 is 0 Å². The molecular weight excluding hydrogens is 388 g/mol. The van der Waals surface area contributed by atoms with E-state index < -0.39 is 5.91 Å². The smallest absolute Gasteiger partial charge is 0.291 e. The summed E-state index contributed by atoms with van der Waals surface area (Å²) in [4.78, 5) is 29.9. The Morgan fingerprint density at radius 3 is 2.04 bits per heavy atom. The summed E-state index contributed by atoms with van der Waals surface area (Å²) in [6.45, 7) is 4.17. The average molecular weight is 425 g/mol. The molecule has 0 fully saturated rings. The van der Waals surface area contributed by atoms with Gasteiger partial charge in [-0.2, -0.15) is 0 Å². The van der Waals surface area contributed by atoms with Crippen LogP contribution in [0.25, 0.3) is 0 Å². The molecule has 1 N–H and O–H groups in total. The molecule has 0 spiro atoms. The number of ketones is 1. The molecule has 1 aromatic heterocycles. The highest BCUT2D eigenvalue weighted by atomic mass is 32.2. The highest BCUT2D eigenvalue weighted by molar-refractivity contribution is 7.99. The van der Waals surface area contributed by atoms with Crippen molar-refractivity contribution < 1.29 is 9.59 Å². The third kappa shape index (κ3) is 9.46. The van der Waals surface area contributed by atoms with Crippen molar-refractivity contribution in [2.45, 2.75) is 94.4 Å². The maximum atomic E-state index is 12.3. The lowest BCUT2D eigenvalue weighted by molar-refractivity contribution is -0.134. The lowest BCUT2D eigenvalue weighted by atomic mass is 10.0. The first kappa shape index (κ1) is 25.0. The summed E-state index contributed by atoms with van der Waals surface area (Å²) >= 11 is 3.03. The summed E-state index contributed by atoms with van der Waals surface area (Å²) in [5.74, 6) is -0.855. The molecule has 158 valence electrons. The van der Waals surface area contributed by atoms with Crippen molar-refractivity contribution in [2.24, 2.45) is 0 Å². The number of nitrogens with zero attached hydrogens (tertiary/aromatic N) is 1. The fourth-order valence-corrected chi connectivity index (χ4v) is 4.41. The van der Waals surface area contributed by atoms with E-state index >= 15 is 0 Å². The molecule has 1 rings (SSSR count). The number of hydrogen-bond donors (Lipinski definition) is 1. The maximum absolute atomic E-state index is 12.3.